The van der Waals surface area contributed by atoms with Gasteiger partial charge in [-0.1, -0.05) is 30.3 Å². The van der Waals surface area contributed by atoms with E-state index in [4.69, 9.17) is 5.73 Å². The van der Waals surface area contributed by atoms with Crippen LogP contribution in [-0.4, -0.2) is 33.7 Å². The van der Waals surface area contributed by atoms with E-state index < -0.39 is 10.0 Å². The molecule has 0 aliphatic carbocycles. The molecule has 0 fully saturated rings. The fourth-order valence-corrected chi connectivity index (χ4v) is 2.18. The smallest absolute Gasteiger partial charge is 0.221 e. The number of hydrogen-bond acceptors (Lipinski definition) is 4. The van der Waals surface area contributed by atoms with Gasteiger partial charge in [0.1, 0.15) is 0 Å². The number of benzene rings is 1. The highest BCUT2D eigenvalue weighted by Gasteiger charge is 2.10. The van der Waals surface area contributed by atoms with Crippen molar-refractivity contribution in [3.05, 3.63) is 35.9 Å². The van der Waals surface area contributed by atoms with E-state index in [-0.39, 0.29) is 18.4 Å². The highest BCUT2D eigenvalue weighted by molar-refractivity contribution is 7.88. The average Bonchev–Trinajstić information content (AvgIpc) is 2.38. The van der Waals surface area contributed by atoms with Gasteiger partial charge in [-0.2, -0.15) is 0 Å². The summed E-state index contributed by atoms with van der Waals surface area (Å²) in [5.74, 6) is -0.138. The number of rotatable bonds is 8. The molecule has 6 nitrogen and oxygen atoms in total. The van der Waals surface area contributed by atoms with Gasteiger partial charge < -0.3 is 11.1 Å². The van der Waals surface area contributed by atoms with Gasteiger partial charge in [-0.3, -0.25) is 4.79 Å². The summed E-state index contributed by atoms with van der Waals surface area (Å²) in [5, 5.41) is 2.72. The van der Waals surface area contributed by atoms with Gasteiger partial charge in [0.2, 0.25) is 15.9 Å². The van der Waals surface area contributed by atoms with Gasteiger partial charge in [-0.15, -0.1) is 0 Å². The predicted molar refractivity (Wildman–Crippen MR) is 78.5 cm³/mol. The number of carbonyl (C=O) groups is 1. The summed E-state index contributed by atoms with van der Waals surface area (Å²) in [7, 11) is -3.16. The number of amides is 1. The first-order chi connectivity index (χ1) is 9.38. The van der Waals surface area contributed by atoms with Crippen LogP contribution in [0.15, 0.2) is 30.3 Å². The molecule has 1 unspecified atom stereocenters. The molecule has 4 N–H and O–H groups in total. The SMILES string of the molecule is CS(=O)(=O)NCCCNC(=O)CC(N)c1ccccc1. The minimum Gasteiger partial charge on any atom is -0.356 e. The van der Waals surface area contributed by atoms with Crippen molar-refractivity contribution in [2.45, 2.75) is 18.9 Å². The molecule has 0 saturated heterocycles. The van der Waals surface area contributed by atoms with Gasteiger partial charge in [0.15, 0.2) is 0 Å². The Labute approximate surface area is 119 Å². The van der Waals surface area contributed by atoms with Crippen LogP contribution in [0, 0.1) is 0 Å². The molecule has 1 aromatic carbocycles. The van der Waals surface area contributed by atoms with Crippen LogP contribution in [0.5, 0.6) is 0 Å². The maximum atomic E-state index is 11.7. The summed E-state index contributed by atoms with van der Waals surface area (Å²) in [4.78, 5) is 11.7. The Bertz CT molecular complexity index is 517. The van der Waals surface area contributed by atoms with E-state index in [2.05, 4.69) is 10.0 Å². The molecule has 1 amide bonds. The van der Waals surface area contributed by atoms with Crippen molar-refractivity contribution < 1.29 is 13.2 Å². The third-order valence-electron chi connectivity index (χ3n) is 2.67. The van der Waals surface area contributed by atoms with Crippen molar-refractivity contribution in [2.24, 2.45) is 5.73 Å². The molecule has 0 bridgehead atoms. The molecule has 0 aliphatic heterocycles. The van der Waals surface area contributed by atoms with E-state index in [1.807, 2.05) is 30.3 Å². The lowest BCUT2D eigenvalue weighted by atomic mass is 10.0. The molecular weight excluding hydrogens is 278 g/mol. The fourth-order valence-electron chi connectivity index (χ4n) is 1.66. The second kappa shape index (κ2) is 7.98. The second-order valence-electron chi connectivity index (χ2n) is 4.59. The lowest BCUT2D eigenvalue weighted by Crippen LogP contribution is -2.31. The number of carbonyl (C=O) groups excluding carboxylic acids is 1. The standard InChI is InChI=1S/C13H21N3O3S/c1-20(18,19)16-9-5-8-15-13(17)10-12(14)11-6-3-2-4-7-11/h2-4,6-7,12,16H,5,8-10,14H2,1H3,(H,15,17). The molecule has 0 heterocycles. The molecule has 0 aliphatic rings. The number of hydrogen-bond donors (Lipinski definition) is 3. The van der Waals surface area contributed by atoms with E-state index >= 15 is 0 Å². The lowest BCUT2D eigenvalue weighted by Gasteiger charge is -2.12. The Morgan fingerprint density at radius 1 is 1.25 bits per heavy atom. The van der Waals surface area contributed by atoms with Crippen LogP contribution in [0.1, 0.15) is 24.4 Å². The van der Waals surface area contributed by atoms with E-state index in [1.54, 1.807) is 0 Å². The third kappa shape index (κ3) is 7.22. The monoisotopic (exact) mass is 299 g/mol. The highest BCUT2D eigenvalue weighted by atomic mass is 32.2. The molecule has 112 valence electrons. The maximum absolute atomic E-state index is 11.7. The molecular formula is C13H21N3O3S. The first kappa shape index (κ1) is 16.6. The second-order valence-corrected chi connectivity index (χ2v) is 6.42. The van der Waals surface area contributed by atoms with Crippen LogP contribution in [0.4, 0.5) is 0 Å². The third-order valence-corrected chi connectivity index (χ3v) is 3.40. The highest BCUT2D eigenvalue weighted by Crippen LogP contribution is 2.12. The largest absolute Gasteiger partial charge is 0.356 e. The molecule has 0 spiro atoms. The topological polar surface area (TPSA) is 101 Å². The Morgan fingerprint density at radius 2 is 1.90 bits per heavy atom. The van der Waals surface area contributed by atoms with Crippen molar-refractivity contribution in [2.75, 3.05) is 19.3 Å². The zero-order valence-corrected chi connectivity index (χ0v) is 12.3. The Hall–Kier alpha value is -1.44. The molecule has 7 heteroatoms. The zero-order valence-electron chi connectivity index (χ0n) is 11.5. The summed E-state index contributed by atoms with van der Waals surface area (Å²) in [6.07, 6.45) is 1.85. The minimum absolute atomic E-state index is 0.138. The Balaban J connectivity index is 2.21. The van der Waals surface area contributed by atoms with Gasteiger partial charge >= 0.3 is 0 Å². The van der Waals surface area contributed by atoms with Crippen LogP contribution >= 0.6 is 0 Å². The average molecular weight is 299 g/mol. The quantitative estimate of drug-likeness (QED) is 0.594. The molecule has 0 aromatic heterocycles. The summed E-state index contributed by atoms with van der Waals surface area (Å²) < 4.78 is 24.0. The van der Waals surface area contributed by atoms with Gasteiger partial charge in [-0.05, 0) is 12.0 Å². The first-order valence-electron chi connectivity index (χ1n) is 6.40. The van der Waals surface area contributed by atoms with Crippen molar-refractivity contribution in [1.29, 1.82) is 0 Å². The van der Waals surface area contributed by atoms with Crippen molar-refractivity contribution >= 4 is 15.9 Å². The summed E-state index contributed by atoms with van der Waals surface area (Å²) in [6, 6.07) is 9.09. The van der Waals surface area contributed by atoms with Gasteiger partial charge in [0.25, 0.3) is 0 Å². The van der Waals surface area contributed by atoms with Crippen molar-refractivity contribution in [1.82, 2.24) is 10.0 Å². The molecule has 0 saturated carbocycles. The molecule has 0 radical (unpaired) electrons. The van der Waals surface area contributed by atoms with Gasteiger partial charge in [0, 0.05) is 25.6 Å². The number of nitrogens with two attached hydrogens (primary N) is 1. The molecule has 20 heavy (non-hydrogen) atoms. The van der Waals surface area contributed by atoms with Crippen LogP contribution < -0.4 is 15.8 Å². The minimum atomic E-state index is -3.16. The predicted octanol–water partition coefficient (Wildman–Crippen LogP) is 0.132. The number of sulfonamides is 1. The molecule has 1 rings (SSSR count). The summed E-state index contributed by atoms with van der Waals surface area (Å²) in [5.41, 5.74) is 6.85. The van der Waals surface area contributed by atoms with Crippen LogP contribution in [0.3, 0.4) is 0 Å². The summed E-state index contributed by atoms with van der Waals surface area (Å²) >= 11 is 0. The van der Waals surface area contributed by atoms with E-state index in [9.17, 15) is 13.2 Å². The van der Waals surface area contributed by atoms with Crippen LogP contribution in [0.25, 0.3) is 0 Å². The van der Waals surface area contributed by atoms with E-state index in [1.165, 1.54) is 0 Å². The first-order valence-corrected chi connectivity index (χ1v) is 8.29. The van der Waals surface area contributed by atoms with Gasteiger partial charge in [-0.25, -0.2) is 13.1 Å². The molecule has 1 atom stereocenters. The molecule has 1 aromatic rings. The summed E-state index contributed by atoms with van der Waals surface area (Å²) in [6.45, 7) is 0.729. The zero-order chi connectivity index (χ0) is 15.0. The Kier molecular flexibility index (Phi) is 6.63. The normalized spacial score (nSPS) is 12.9. The van der Waals surface area contributed by atoms with E-state index in [0.717, 1.165) is 11.8 Å². The van der Waals surface area contributed by atoms with Crippen molar-refractivity contribution in [3.8, 4) is 0 Å². The van der Waals surface area contributed by atoms with Gasteiger partial charge in [0.05, 0.1) is 6.26 Å². The van der Waals surface area contributed by atoms with E-state index in [0.29, 0.717) is 19.5 Å². The van der Waals surface area contributed by atoms with Crippen LogP contribution in [-0.2, 0) is 14.8 Å². The van der Waals surface area contributed by atoms with Crippen molar-refractivity contribution in [3.63, 3.8) is 0 Å². The maximum Gasteiger partial charge on any atom is 0.221 e. The number of nitrogens with one attached hydrogen (secondary N) is 2. The lowest BCUT2D eigenvalue weighted by molar-refractivity contribution is -0.121. The van der Waals surface area contributed by atoms with Crippen LogP contribution in [0.2, 0.25) is 0 Å². The Morgan fingerprint density at radius 3 is 2.50 bits per heavy atom. The fraction of sp³-hybridized carbons (Fsp3) is 0.462.